The topological polar surface area (TPSA) is 49.9 Å². The van der Waals surface area contributed by atoms with Crippen molar-refractivity contribution in [2.24, 2.45) is 5.92 Å². The van der Waals surface area contributed by atoms with Crippen LogP contribution in [-0.4, -0.2) is 49.6 Å². The Hall–Kier alpha value is -2.02. The molecule has 2 amide bonds. The normalized spacial score (nSPS) is 22.3. The van der Waals surface area contributed by atoms with Gasteiger partial charge in [-0.2, -0.15) is 0 Å². The molecule has 2 fully saturated rings. The highest BCUT2D eigenvalue weighted by molar-refractivity contribution is 6.00. The van der Waals surface area contributed by atoms with Gasteiger partial charge in [0, 0.05) is 39.2 Å². The summed E-state index contributed by atoms with van der Waals surface area (Å²) in [6, 6.07) is 3.09. The van der Waals surface area contributed by atoms with Gasteiger partial charge in [-0.3, -0.25) is 9.59 Å². The molecule has 0 bridgehead atoms. The summed E-state index contributed by atoms with van der Waals surface area (Å²) in [6.07, 6.45) is 1.78. The van der Waals surface area contributed by atoms with Crippen LogP contribution in [0, 0.1) is 17.6 Å². The molecule has 130 valence electrons. The molecule has 2 heterocycles. The summed E-state index contributed by atoms with van der Waals surface area (Å²) in [5, 5.41) is 0. The number of amides is 2. The number of rotatable bonds is 3. The van der Waals surface area contributed by atoms with Crippen molar-refractivity contribution >= 4 is 17.5 Å². The largest absolute Gasteiger partial charge is 0.381 e. The third kappa shape index (κ3) is 3.26. The Balaban J connectivity index is 1.67. The van der Waals surface area contributed by atoms with E-state index in [-0.39, 0.29) is 36.6 Å². The van der Waals surface area contributed by atoms with Gasteiger partial charge >= 0.3 is 0 Å². The molecule has 0 N–H and O–H groups in total. The van der Waals surface area contributed by atoms with E-state index in [4.69, 9.17) is 4.74 Å². The van der Waals surface area contributed by atoms with E-state index < -0.39 is 17.6 Å². The van der Waals surface area contributed by atoms with Crippen LogP contribution in [0.25, 0.3) is 0 Å². The zero-order valence-electron chi connectivity index (χ0n) is 13.5. The number of hydrogen-bond acceptors (Lipinski definition) is 3. The van der Waals surface area contributed by atoms with Crippen LogP contribution >= 0.6 is 0 Å². The first-order chi connectivity index (χ1) is 11.5. The maximum absolute atomic E-state index is 13.9. The van der Waals surface area contributed by atoms with Crippen LogP contribution in [0.3, 0.4) is 0 Å². The third-order valence-corrected chi connectivity index (χ3v) is 4.76. The Morgan fingerprint density at radius 2 is 1.96 bits per heavy atom. The number of carbonyl (C=O) groups excluding carboxylic acids is 2. The Labute approximate surface area is 139 Å². The summed E-state index contributed by atoms with van der Waals surface area (Å²) in [6.45, 7) is 1.34. The van der Waals surface area contributed by atoms with Gasteiger partial charge in [0.1, 0.15) is 11.6 Å². The molecule has 0 unspecified atom stereocenters. The van der Waals surface area contributed by atoms with Crippen molar-refractivity contribution in [3.8, 4) is 0 Å². The minimum absolute atomic E-state index is 0.0230. The molecule has 24 heavy (non-hydrogen) atoms. The molecule has 2 saturated heterocycles. The summed E-state index contributed by atoms with van der Waals surface area (Å²) in [4.78, 5) is 27.8. The molecule has 0 aromatic heterocycles. The second-order valence-electron chi connectivity index (χ2n) is 6.26. The van der Waals surface area contributed by atoms with Crippen LogP contribution < -0.4 is 4.90 Å². The molecular weight excluding hydrogens is 318 g/mol. The van der Waals surface area contributed by atoms with Gasteiger partial charge in [0.25, 0.3) is 0 Å². The molecule has 2 aliphatic rings. The van der Waals surface area contributed by atoms with Gasteiger partial charge in [-0.05, 0) is 25.0 Å². The summed E-state index contributed by atoms with van der Waals surface area (Å²) in [5.74, 6) is -2.37. The van der Waals surface area contributed by atoms with Crippen molar-refractivity contribution < 1.29 is 23.1 Å². The van der Waals surface area contributed by atoms with Crippen LogP contribution in [0.4, 0.5) is 14.5 Å². The minimum atomic E-state index is -0.794. The zero-order valence-corrected chi connectivity index (χ0v) is 13.5. The first-order valence-corrected chi connectivity index (χ1v) is 8.06. The lowest BCUT2D eigenvalue weighted by Crippen LogP contribution is -2.44. The predicted octanol–water partition coefficient (Wildman–Crippen LogP) is 1.96. The molecule has 0 aliphatic carbocycles. The van der Waals surface area contributed by atoms with Gasteiger partial charge in [0.15, 0.2) is 0 Å². The maximum Gasteiger partial charge on any atom is 0.228 e. The molecule has 5 nitrogen and oxygen atoms in total. The number of carbonyl (C=O) groups is 2. The summed E-state index contributed by atoms with van der Waals surface area (Å²) in [7, 11) is 1.66. The Bertz CT molecular complexity index is 645. The Morgan fingerprint density at radius 1 is 1.25 bits per heavy atom. The number of benzene rings is 1. The van der Waals surface area contributed by atoms with Gasteiger partial charge in [0.2, 0.25) is 11.8 Å². The smallest absolute Gasteiger partial charge is 0.228 e. The van der Waals surface area contributed by atoms with Gasteiger partial charge < -0.3 is 14.5 Å². The second-order valence-corrected chi connectivity index (χ2v) is 6.26. The van der Waals surface area contributed by atoms with Gasteiger partial charge in [-0.15, -0.1) is 0 Å². The quantitative estimate of drug-likeness (QED) is 0.846. The van der Waals surface area contributed by atoms with Crippen molar-refractivity contribution in [2.45, 2.75) is 25.4 Å². The maximum atomic E-state index is 13.9. The number of hydrogen-bond donors (Lipinski definition) is 0. The van der Waals surface area contributed by atoms with E-state index in [9.17, 15) is 18.4 Å². The number of ether oxygens (including phenoxy) is 1. The summed E-state index contributed by atoms with van der Waals surface area (Å²) >= 11 is 0. The minimum Gasteiger partial charge on any atom is -0.381 e. The molecule has 1 atom stereocenters. The standard InChI is InChI=1S/C17H20F2N2O3/c1-24-13-4-6-20(7-5-13)17(23)11-8-16(22)21(10-11)15-3-2-12(18)9-14(15)19/h2-3,9,11,13H,4-8,10H2,1H3/t11-/m1/s1. The number of piperidine rings is 1. The van der Waals surface area contributed by atoms with E-state index in [1.54, 1.807) is 12.0 Å². The molecule has 0 spiro atoms. The highest BCUT2D eigenvalue weighted by atomic mass is 19.1. The average molecular weight is 338 g/mol. The lowest BCUT2D eigenvalue weighted by atomic mass is 10.0. The van der Waals surface area contributed by atoms with Crippen LogP contribution in [0.1, 0.15) is 19.3 Å². The third-order valence-electron chi connectivity index (χ3n) is 4.76. The van der Waals surface area contributed by atoms with E-state index in [2.05, 4.69) is 0 Å². The SMILES string of the molecule is COC1CCN(C(=O)[C@@H]2CC(=O)N(c3ccc(F)cc3F)C2)CC1. The van der Waals surface area contributed by atoms with Gasteiger partial charge in [-0.1, -0.05) is 0 Å². The fourth-order valence-electron chi connectivity index (χ4n) is 3.38. The van der Waals surface area contributed by atoms with Gasteiger partial charge in [-0.25, -0.2) is 8.78 Å². The fourth-order valence-corrected chi connectivity index (χ4v) is 3.38. The van der Waals surface area contributed by atoms with Gasteiger partial charge in [0.05, 0.1) is 17.7 Å². The Kier molecular flexibility index (Phi) is 4.80. The molecule has 2 aliphatic heterocycles. The van der Waals surface area contributed by atoms with E-state index in [1.165, 1.54) is 11.0 Å². The van der Waals surface area contributed by atoms with Crippen LogP contribution in [0.5, 0.6) is 0 Å². The monoisotopic (exact) mass is 338 g/mol. The van der Waals surface area contributed by atoms with Crippen molar-refractivity contribution in [2.75, 3.05) is 31.6 Å². The molecule has 0 saturated carbocycles. The van der Waals surface area contributed by atoms with Crippen molar-refractivity contribution in [1.29, 1.82) is 0 Å². The predicted molar refractivity (Wildman–Crippen MR) is 83.4 cm³/mol. The Morgan fingerprint density at radius 3 is 2.58 bits per heavy atom. The van der Waals surface area contributed by atoms with Crippen molar-refractivity contribution in [3.63, 3.8) is 0 Å². The molecule has 1 aromatic carbocycles. The number of nitrogens with zero attached hydrogens (tertiary/aromatic N) is 2. The van der Waals surface area contributed by atoms with E-state index >= 15 is 0 Å². The fraction of sp³-hybridized carbons (Fsp3) is 0.529. The molecule has 0 radical (unpaired) electrons. The first kappa shape index (κ1) is 16.8. The molecule has 7 heteroatoms. The summed E-state index contributed by atoms with van der Waals surface area (Å²) in [5.41, 5.74) is 0.0230. The number of likely N-dealkylation sites (tertiary alicyclic amines) is 1. The second kappa shape index (κ2) is 6.84. The van der Waals surface area contributed by atoms with Crippen LogP contribution in [0.2, 0.25) is 0 Å². The molecular formula is C17H20F2N2O3. The van der Waals surface area contributed by atoms with E-state index in [1.807, 2.05) is 0 Å². The van der Waals surface area contributed by atoms with Crippen molar-refractivity contribution in [1.82, 2.24) is 4.90 Å². The zero-order chi connectivity index (χ0) is 17.3. The highest BCUT2D eigenvalue weighted by Gasteiger charge is 2.38. The number of anilines is 1. The van der Waals surface area contributed by atoms with Crippen LogP contribution in [-0.2, 0) is 14.3 Å². The highest BCUT2D eigenvalue weighted by Crippen LogP contribution is 2.29. The van der Waals surface area contributed by atoms with E-state index in [0.29, 0.717) is 13.1 Å². The lowest BCUT2D eigenvalue weighted by Gasteiger charge is -2.32. The first-order valence-electron chi connectivity index (χ1n) is 8.06. The molecule has 1 aromatic rings. The number of halogens is 2. The number of methoxy groups -OCH3 is 1. The lowest BCUT2D eigenvalue weighted by molar-refractivity contribution is -0.138. The summed E-state index contributed by atoms with van der Waals surface area (Å²) < 4.78 is 32.2. The molecule has 3 rings (SSSR count). The van der Waals surface area contributed by atoms with Crippen LogP contribution in [0.15, 0.2) is 18.2 Å². The average Bonchev–Trinajstić information content (AvgIpc) is 2.96. The van der Waals surface area contributed by atoms with Crippen molar-refractivity contribution in [3.05, 3.63) is 29.8 Å². The van der Waals surface area contributed by atoms with E-state index in [0.717, 1.165) is 25.0 Å².